The first-order valence-electron chi connectivity index (χ1n) is 11.0. The second kappa shape index (κ2) is 9.40. The zero-order valence-corrected chi connectivity index (χ0v) is 17.8. The van der Waals surface area contributed by atoms with Crippen molar-refractivity contribution in [2.24, 2.45) is 5.92 Å². The molecule has 2 aliphatic heterocycles. The predicted molar refractivity (Wildman–Crippen MR) is 122 cm³/mol. The molecule has 5 nitrogen and oxygen atoms in total. The molecular formula is C24H33N5. The van der Waals surface area contributed by atoms with Crippen LogP contribution in [0.2, 0.25) is 0 Å². The van der Waals surface area contributed by atoms with Gasteiger partial charge in [0, 0.05) is 51.9 Å². The van der Waals surface area contributed by atoms with Gasteiger partial charge in [-0.15, -0.1) is 0 Å². The summed E-state index contributed by atoms with van der Waals surface area (Å²) in [5, 5.41) is 0. The molecule has 154 valence electrons. The molecule has 2 fully saturated rings. The molecule has 2 aliphatic rings. The molecule has 2 aromatic rings. The lowest BCUT2D eigenvalue weighted by atomic mass is 10.0. The SMILES string of the molecule is Cc1nc(N2CCN(C/C=C/c3ccccc3)CC2)cc(N2CCCC(C)C2)n1. The number of nitrogens with zero attached hydrogens (tertiary/aromatic N) is 5. The van der Waals surface area contributed by atoms with Gasteiger partial charge in [0.05, 0.1) is 0 Å². The van der Waals surface area contributed by atoms with Crippen LogP contribution in [0.1, 0.15) is 31.2 Å². The maximum absolute atomic E-state index is 4.75. The minimum atomic E-state index is 0.745. The molecule has 0 spiro atoms. The summed E-state index contributed by atoms with van der Waals surface area (Å²) in [6.07, 6.45) is 7.07. The van der Waals surface area contributed by atoms with Crippen molar-refractivity contribution >= 4 is 17.7 Å². The van der Waals surface area contributed by atoms with Crippen molar-refractivity contribution in [3.63, 3.8) is 0 Å². The first-order chi connectivity index (χ1) is 14.2. The highest BCUT2D eigenvalue weighted by Crippen LogP contribution is 2.25. The molecule has 0 saturated carbocycles. The number of hydrogen-bond acceptors (Lipinski definition) is 5. The van der Waals surface area contributed by atoms with Gasteiger partial charge in [0.2, 0.25) is 0 Å². The van der Waals surface area contributed by atoms with E-state index in [1.165, 1.54) is 18.4 Å². The summed E-state index contributed by atoms with van der Waals surface area (Å²) in [5.74, 6) is 3.82. The summed E-state index contributed by atoms with van der Waals surface area (Å²) < 4.78 is 0. The van der Waals surface area contributed by atoms with Gasteiger partial charge in [0.1, 0.15) is 17.5 Å². The van der Waals surface area contributed by atoms with Crippen molar-refractivity contribution in [3.05, 3.63) is 53.9 Å². The number of aryl methyl sites for hydroxylation is 1. The zero-order chi connectivity index (χ0) is 20.1. The second-order valence-corrected chi connectivity index (χ2v) is 8.43. The number of piperazine rings is 1. The molecule has 3 heterocycles. The fraction of sp³-hybridized carbons (Fsp3) is 0.500. The largest absolute Gasteiger partial charge is 0.356 e. The first kappa shape index (κ1) is 19.9. The van der Waals surface area contributed by atoms with Crippen molar-refractivity contribution in [3.8, 4) is 0 Å². The lowest BCUT2D eigenvalue weighted by Gasteiger charge is -2.36. The Balaban J connectivity index is 1.34. The lowest BCUT2D eigenvalue weighted by molar-refractivity contribution is 0.283. The Bertz CT molecular complexity index is 811. The smallest absolute Gasteiger partial charge is 0.134 e. The number of anilines is 2. The van der Waals surface area contributed by atoms with Gasteiger partial charge in [-0.25, -0.2) is 9.97 Å². The molecule has 0 amide bonds. The predicted octanol–water partition coefficient (Wildman–Crippen LogP) is 3.86. The molecule has 1 aromatic heterocycles. The van der Waals surface area contributed by atoms with E-state index in [-0.39, 0.29) is 0 Å². The van der Waals surface area contributed by atoms with Gasteiger partial charge in [-0.1, -0.05) is 49.4 Å². The average molecular weight is 392 g/mol. The Kier molecular flexibility index (Phi) is 6.45. The third-order valence-electron chi connectivity index (χ3n) is 5.96. The van der Waals surface area contributed by atoms with Crippen molar-refractivity contribution in [1.82, 2.24) is 14.9 Å². The maximum Gasteiger partial charge on any atom is 0.134 e. The standard InChI is InChI=1S/C24H33N5/c1-20-8-6-13-29(19-20)24-18-23(25-21(2)26-24)28-16-14-27(15-17-28)12-7-11-22-9-4-3-5-10-22/h3-5,7,9-11,18,20H,6,8,12-17,19H2,1-2H3/b11-7+. The summed E-state index contributed by atoms with van der Waals surface area (Å²) in [6, 6.07) is 12.7. The summed E-state index contributed by atoms with van der Waals surface area (Å²) in [4.78, 5) is 16.9. The molecule has 5 heteroatoms. The Morgan fingerprint density at radius 2 is 1.69 bits per heavy atom. The van der Waals surface area contributed by atoms with Gasteiger partial charge < -0.3 is 9.80 Å². The van der Waals surface area contributed by atoms with E-state index in [2.05, 4.69) is 70.2 Å². The highest BCUT2D eigenvalue weighted by Gasteiger charge is 2.21. The van der Waals surface area contributed by atoms with Crippen LogP contribution in [0.5, 0.6) is 0 Å². The van der Waals surface area contributed by atoms with Crippen LogP contribution >= 0.6 is 0 Å². The van der Waals surface area contributed by atoms with Crippen molar-refractivity contribution in [2.45, 2.75) is 26.7 Å². The Hall–Kier alpha value is -2.40. The number of benzene rings is 1. The average Bonchev–Trinajstić information content (AvgIpc) is 2.75. The topological polar surface area (TPSA) is 35.5 Å². The number of rotatable bonds is 5. The minimum absolute atomic E-state index is 0.745. The molecule has 1 aromatic carbocycles. The van der Waals surface area contributed by atoms with Crippen LogP contribution in [0.15, 0.2) is 42.5 Å². The van der Waals surface area contributed by atoms with Crippen LogP contribution in [0.25, 0.3) is 6.08 Å². The number of hydrogen-bond donors (Lipinski definition) is 0. The molecule has 2 saturated heterocycles. The van der Waals surface area contributed by atoms with Crippen LogP contribution in [-0.4, -0.2) is 60.7 Å². The van der Waals surface area contributed by atoms with Gasteiger partial charge in [-0.3, -0.25) is 4.90 Å². The highest BCUT2D eigenvalue weighted by atomic mass is 15.3. The monoisotopic (exact) mass is 391 g/mol. The third-order valence-corrected chi connectivity index (χ3v) is 5.96. The van der Waals surface area contributed by atoms with Gasteiger partial charge >= 0.3 is 0 Å². The highest BCUT2D eigenvalue weighted by molar-refractivity contribution is 5.52. The Morgan fingerprint density at radius 3 is 2.41 bits per heavy atom. The zero-order valence-electron chi connectivity index (χ0n) is 17.8. The van der Waals surface area contributed by atoms with E-state index in [0.29, 0.717) is 0 Å². The van der Waals surface area contributed by atoms with E-state index < -0.39 is 0 Å². The molecular weight excluding hydrogens is 358 g/mol. The minimum Gasteiger partial charge on any atom is -0.356 e. The second-order valence-electron chi connectivity index (χ2n) is 8.43. The van der Waals surface area contributed by atoms with Crippen molar-refractivity contribution in [2.75, 3.05) is 55.6 Å². The summed E-state index contributed by atoms with van der Waals surface area (Å²) in [5.41, 5.74) is 1.27. The van der Waals surface area contributed by atoms with E-state index in [1.54, 1.807) is 0 Å². The van der Waals surface area contributed by atoms with Crippen LogP contribution in [0, 0.1) is 12.8 Å². The third kappa shape index (κ3) is 5.36. The number of piperidine rings is 1. The summed E-state index contributed by atoms with van der Waals surface area (Å²) >= 11 is 0. The Morgan fingerprint density at radius 1 is 0.966 bits per heavy atom. The summed E-state index contributed by atoms with van der Waals surface area (Å²) in [6.45, 7) is 11.8. The Labute approximate surface area is 175 Å². The fourth-order valence-corrected chi connectivity index (χ4v) is 4.32. The fourth-order valence-electron chi connectivity index (χ4n) is 4.32. The molecule has 0 aliphatic carbocycles. The van der Waals surface area contributed by atoms with E-state index in [0.717, 1.165) is 69.2 Å². The van der Waals surface area contributed by atoms with E-state index in [4.69, 9.17) is 9.97 Å². The maximum atomic E-state index is 4.75. The molecule has 0 radical (unpaired) electrons. The van der Waals surface area contributed by atoms with E-state index in [9.17, 15) is 0 Å². The van der Waals surface area contributed by atoms with E-state index >= 15 is 0 Å². The van der Waals surface area contributed by atoms with Crippen LogP contribution in [0.3, 0.4) is 0 Å². The van der Waals surface area contributed by atoms with Crippen LogP contribution < -0.4 is 9.80 Å². The van der Waals surface area contributed by atoms with Gasteiger partial charge in [-0.2, -0.15) is 0 Å². The molecule has 4 rings (SSSR count). The number of aromatic nitrogens is 2. The van der Waals surface area contributed by atoms with Gasteiger partial charge in [-0.05, 0) is 31.2 Å². The van der Waals surface area contributed by atoms with Crippen LogP contribution in [-0.2, 0) is 0 Å². The quantitative estimate of drug-likeness (QED) is 0.773. The first-order valence-corrected chi connectivity index (χ1v) is 11.0. The molecule has 1 atom stereocenters. The van der Waals surface area contributed by atoms with Crippen molar-refractivity contribution in [1.29, 1.82) is 0 Å². The molecule has 0 bridgehead atoms. The molecule has 29 heavy (non-hydrogen) atoms. The van der Waals surface area contributed by atoms with Crippen LogP contribution in [0.4, 0.5) is 11.6 Å². The molecule has 1 unspecified atom stereocenters. The lowest BCUT2D eigenvalue weighted by Crippen LogP contribution is -2.46. The van der Waals surface area contributed by atoms with Gasteiger partial charge in [0.15, 0.2) is 0 Å². The molecule has 0 N–H and O–H groups in total. The van der Waals surface area contributed by atoms with Gasteiger partial charge in [0.25, 0.3) is 0 Å². The van der Waals surface area contributed by atoms with Crippen molar-refractivity contribution < 1.29 is 0 Å². The normalized spacial score (nSPS) is 21.1. The summed E-state index contributed by atoms with van der Waals surface area (Å²) in [7, 11) is 0. The van der Waals surface area contributed by atoms with E-state index in [1.807, 2.05) is 6.92 Å².